The minimum atomic E-state index is 0.108. The van der Waals surface area contributed by atoms with Gasteiger partial charge in [0, 0.05) is 26.2 Å². The van der Waals surface area contributed by atoms with E-state index in [1.165, 1.54) is 0 Å². The lowest BCUT2D eigenvalue weighted by Gasteiger charge is -2.38. The van der Waals surface area contributed by atoms with E-state index in [0.29, 0.717) is 17.7 Å². The third-order valence-electron chi connectivity index (χ3n) is 4.14. The lowest BCUT2D eigenvalue weighted by atomic mass is 9.90. The topological polar surface area (TPSA) is 50.2 Å². The number of nitrogens with one attached hydrogen (secondary N) is 1. The number of amides is 1. The van der Waals surface area contributed by atoms with Crippen LogP contribution in [-0.4, -0.2) is 46.8 Å². The molecule has 0 radical (unpaired) electrons. The van der Waals surface area contributed by atoms with Crippen LogP contribution in [0, 0.1) is 12.8 Å². The second-order valence-corrected chi connectivity index (χ2v) is 5.40. The summed E-state index contributed by atoms with van der Waals surface area (Å²) in [5.74, 6) is 0.646. The summed E-state index contributed by atoms with van der Waals surface area (Å²) in [7, 11) is 3.84. The highest BCUT2D eigenvalue weighted by atomic mass is 16.2. The average Bonchev–Trinajstić information content (AvgIpc) is 2.76. The summed E-state index contributed by atoms with van der Waals surface area (Å²) in [6.07, 6.45) is 2.12. The molecule has 1 aliphatic rings. The molecule has 0 spiro atoms. The summed E-state index contributed by atoms with van der Waals surface area (Å²) in [5.41, 5.74) is 1.58. The summed E-state index contributed by atoms with van der Waals surface area (Å²) in [5, 5.41) is 7.62. The molecule has 2 heterocycles. The second-order valence-electron chi connectivity index (χ2n) is 5.40. The predicted molar refractivity (Wildman–Crippen MR) is 75.1 cm³/mol. The van der Waals surface area contributed by atoms with E-state index >= 15 is 0 Å². The Morgan fingerprint density at radius 3 is 2.84 bits per heavy atom. The van der Waals surface area contributed by atoms with Gasteiger partial charge >= 0.3 is 0 Å². The van der Waals surface area contributed by atoms with Gasteiger partial charge in [-0.3, -0.25) is 9.48 Å². The summed E-state index contributed by atoms with van der Waals surface area (Å²) in [4.78, 5) is 14.5. The molecule has 2 atom stereocenters. The molecule has 1 aromatic heterocycles. The highest BCUT2D eigenvalue weighted by Crippen LogP contribution is 2.21. The Morgan fingerprint density at radius 1 is 1.58 bits per heavy atom. The fraction of sp³-hybridized carbons (Fsp3) is 0.714. The fourth-order valence-electron chi connectivity index (χ4n) is 2.98. The van der Waals surface area contributed by atoms with Crippen molar-refractivity contribution in [2.45, 2.75) is 32.7 Å². The number of hydrogen-bond donors (Lipinski definition) is 1. The molecule has 106 valence electrons. The van der Waals surface area contributed by atoms with Crippen molar-refractivity contribution in [3.05, 3.63) is 17.5 Å². The van der Waals surface area contributed by atoms with E-state index in [1.54, 1.807) is 4.68 Å². The number of carbonyl (C=O) groups excluding carboxylic acids is 1. The maximum atomic E-state index is 12.5. The molecule has 2 rings (SSSR count). The van der Waals surface area contributed by atoms with Crippen molar-refractivity contribution in [2.24, 2.45) is 13.0 Å². The summed E-state index contributed by atoms with van der Waals surface area (Å²) in [6.45, 7) is 5.77. The Labute approximate surface area is 115 Å². The van der Waals surface area contributed by atoms with E-state index in [-0.39, 0.29) is 5.91 Å². The molecule has 1 amide bonds. The number of hydrogen-bond acceptors (Lipinski definition) is 3. The van der Waals surface area contributed by atoms with Gasteiger partial charge in [-0.1, -0.05) is 13.3 Å². The van der Waals surface area contributed by atoms with Crippen molar-refractivity contribution in [2.75, 3.05) is 20.1 Å². The van der Waals surface area contributed by atoms with Crippen LogP contribution in [-0.2, 0) is 7.05 Å². The molecule has 0 aromatic carbocycles. The molecule has 19 heavy (non-hydrogen) atoms. The van der Waals surface area contributed by atoms with Gasteiger partial charge in [0.15, 0.2) is 0 Å². The van der Waals surface area contributed by atoms with Crippen molar-refractivity contribution in [3.63, 3.8) is 0 Å². The second kappa shape index (κ2) is 5.74. The first kappa shape index (κ1) is 14.1. The van der Waals surface area contributed by atoms with Gasteiger partial charge in [-0.15, -0.1) is 0 Å². The summed E-state index contributed by atoms with van der Waals surface area (Å²) in [6, 6.07) is 2.40. The third kappa shape index (κ3) is 2.81. The van der Waals surface area contributed by atoms with Crippen LogP contribution in [0.25, 0.3) is 0 Å². The first-order valence-corrected chi connectivity index (χ1v) is 7.04. The van der Waals surface area contributed by atoms with E-state index < -0.39 is 0 Å². The first-order chi connectivity index (χ1) is 9.06. The number of piperidine rings is 1. The van der Waals surface area contributed by atoms with Crippen molar-refractivity contribution in [3.8, 4) is 0 Å². The zero-order chi connectivity index (χ0) is 14.0. The minimum Gasteiger partial charge on any atom is -0.337 e. The normalized spacial score (nSPS) is 23.7. The molecule has 5 heteroatoms. The Balaban J connectivity index is 2.10. The van der Waals surface area contributed by atoms with E-state index in [2.05, 4.69) is 17.3 Å². The number of aryl methyl sites for hydroxylation is 2. The average molecular weight is 264 g/mol. The maximum absolute atomic E-state index is 12.5. The van der Waals surface area contributed by atoms with E-state index in [4.69, 9.17) is 0 Å². The summed E-state index contributed by atoms with van der Waals surface area (Å²) < 4.78 is 1.68. The van der Waals surface area contributed by atoms with Crippen LogP contribution < -0.4 is 5.32 Å². The number of likely N-dealkylation sites (tertiary alicyclic amines) is 1. The quantitative estimate of drug-likeness (QED) is 0.892. The summed E-state index contributed by atoms with van der Waals surface area (Å²) >= 11 is 0. The Morgan fingerprint density at radius 2 is 2.32 bits per heavy atom. The fourth-order valence-corrected chi connectivity index (χ4v) is 2.98. The number of rotatable bonds is 3. The van der Waals surface area contributed by atoms with Gasteiger partial charge in [-0.25, -0.2) is 0 Å². The highest BCUT2D eigenvalue weighted by Gasteiger charge is 2.30. The van der Waals surface area contributed by atoms with Crippen LogP contribution >= 0.6 is 0 Å². The molecule has 1 N–H and O–H groups in total. The van der Waals surface area contributed by atoms with Gasteiger partial charge in [0.1, 0.15) is 5.69 Å². The maximum Gasteiger partial charge on any atom is 0.272 e. The van der Waals surface area contributed by atoms with E-state index in [1.807, 2.05) is 32.0 Å². The first-order valence-electron chi connectivity index (χ1n) is 7.04. The predicted octanol–water partition coefficient (Wildman–Crippen LogP) is 1.19. The van der Waals surface area contributed by atoms with Crippen LogP contribution in [0.2, 0.25) is 0 Å². The van der Waals surface area contributed by atoms with Crippen LogP contribution in [0.5, 0.6) is 0 Å². The standard InChI is InChI=1S/C14H24N4O/c1-5-11-9-18(7-6-12(11)15-3)14(19)13-8-10(2)16-17(13)4/h8,11-12,15H,5-7,9H2,1-4H3. The third-order valence-corrected chi connectivity index (χ3v) is 4.14. The molecule has 1 saturated heterocycles. The SMILES string of the molecule is CCC1CN(C(=O)c2cc(C)nn2C)CCC1NC. The van der Waals surface area contributed by atoms with Crippen molar-refractivity contribution >= 4 is 5.91 Å². The van der Waals surface area contributed by atoms with E-state index in [0.717, 1.165) is 31.6 Å². The smallest absolute Gasteiger partial charge is 0.272 e. The number of aromatic nitrogens is 2. The van der Waals surface area contributed by atoms with Crippen LogP contribution in [0.4, 0.5) is 0 Å². The molecular formula is C14H24N4O. The Hall–Kier alpha value is -1.36. The lowest BCUT2D eigenvalue weighted by Crippen LogP contribution is -2.50. The molecule has 5 nitrogen and oxygen atoms in total. The zero-order valence-electron chi connectivity index (χ0n) is 12.3. The van der Waals surface area contributed by atoms with Crippen molar-refractivity contribution < 1.29 is 4.79 Å². The number of nitrogens with zero attached hydrogens (tertiary/aromatic N) is 3. The van der Waals surface area contributed by atoms with Gasteiger partial charge in [-0.05, 0) is 32.4 Å². The van der Waals surface area contributed by atoms with Gasteiger partial charge in [0.25, 0.3) is 5.91 Å². The van der Waals surface area contributed by atoms with Crippen LogP contribution in [0.1, 0.15) is 35.9 Å². The van der Waals surface area contributed by atoms with E-state index in [9.17, 15) is 4.79 Å². The molecule has 0 aliphatic carbocycles. The highest BCUT2D eigenvalue weighted by molar-refractivity contribution is 5.92. The molecule has 0 saturated carbocycles. The zero-order valence-corrected chi connectivity index (χ0v) is 12.3. The molecule has 2 unspecified atom stereocenters. The van der Waals surface area contributed by atoms with Crippen LogP contribution in [0.15, 0.2) is 6.07 Å². The number of carbonyl (C=O) groups is 1. The Bertz CT molecular complexity index is 454. The lowest BCUT2D eigenvalue weighted by molar-refractivity contribution is 0.0620. The van der Waals surface area contributed by atoms with Crippen molar-refractivity contribution in [1.82, 2.24) is 20.0 Å². The molecule has 1 fully saturated rings. The van der Waals surface area contributed by atoms with Crippen LogP contribution in [0.3, 0.4) is 0 Å². The van der Waals surface area contributed by atoms with Gasteiger partial charge < -0.3 is 10.2 Å². The van der Waals surface area contributed by atoms with Crippen molar-refractivity contribution in [1.29, 1.82) is 0 Å². The monoisotopic (exact) mass is 264 g/mol. The molecule has 1 aromatic rings. The molecule has 1 aliphatic heterocycles. The largest absolute Gasteiger partial charge is 0.337 e. The van der Waals surface area contributed by atoms with Gasteiger partial charge in [-0.2, -0.15) is 5.10 Å². The van der Waals surface area contributed by atoms with Gasteiger partial charge in [0.2, 0.25) is 0 Å². The molecule has 0 bridgehead atoms. The Kier molecular flexibility index (Phi) is 4.24. The van der Waals surface area contributed by atoms with Gasteiger partial charge in [0.05, 0.1) is 5.69 Å². The minimum absolute atomic E-state index is 0.108. The molecular weight excluding hydrogens is 240 g/mol.